The van der Waals surface area contributed by atoms with Crippen molar-refractivity contribution in [3.05, 3.63) is 24.3 Å². The van der Waals surface area contributed by atoms with Gasteiger partial charge in [0.15, 0.2) is 0 Å². The van der Waals surface area contributed by atoms with Crippen molar-refractivity contribution in [1.82, 2.24) is 0 Å². The molecule has 1 rings (SSSR count). The molecule has 0 radical (unpaired) electrons. The molecule has 0 N–H and O–H groups in total. The van der Waals surface area contributed by atoms with E-state index in [4.69, 9.17) is 9.47 Å². The topological polar surface area (TPSA) is 52.6 Å². The van der Waals surface area contributed by atoms with E-state index < -0.39 is 0 Å². The third-order valence-electron chi connectivity index (χ3n) is 1.78. The van der Waals surface area contributed by atoms with Crippen molar-refractivity contribution in [2.24, 2.45) is 5.92 Å². The highest BCUT2D eigenvalue weighted by Crippen LogP contribution is 2.18. The highest BCUT2D eigenvalue weighted by Gasteiger charge is 2.09. The highest BCUT2D eigenvalue weighted by molar-refractivity contribution is 5.74. The first kappa shape index (κ1) is 16.2. The average Bonchev–Trinajstić information content (AvgIpc) is 2.33. The summed E-state index contributed by atoms with van der Waals surface area (Å²) in [5.41, 5.74) is 0. The summed E-state index contributed by atoms with van der Waals surface area (Å²) in [5.74, 6) is 0.0201. The van der Waals surface area contributed by atoms with Gasteiger partial charge in [-0.15, -0.1) is 0 Å². The first-order chi connectivity index (χ1) is 8.49. The number of rotatable bonds is 3. The summed E-state index contributed by atoms with van der Waals surface area (Å²) in [6, 6.07) is 6.31. The van der Waals surface area contributed by atoms with Crippen LogP contribution in [0.25, 0.3) is 0 Å². The van der Waals surface area contributed by atoms with Crippen LogP contribution in [0.1, 0.15) is 34.6 Å². The molecule has 0 atom stereocenters. The fourth-order valence-corrected chi connectivity index (χ4v) is 0.976. The van der Waals surface area contributed by atoms with E-state index in [0.717, 1.165) is 0 Å². The van der Waals surface area contributed by atoms with Crippen LogP contribution >= 0.6 is 0 Å². The second kappa shape index (κ2) is 8.28. The van der Waals surface area contributed by atoms with E-state index in [2.05, 4.69) is 0 Å². The normalized spacial score (nSPS) is 9.22. The summed E-state index contributed by atoms with van der Waals surface area (Å²) in [6.45, 7) is 8.85. The summed E-state index contributed by atoms with van der Waals surface area (Å²) in [7, 11) is 0. The van der Waals surface area contributed by atoms with Gasteiger partial charge in [-0.25, -0.2) is 0 Å². The Labute approximate surface area is 108 Å². The van der Waals surface area contributed by atoms with Gasteiger partial charge in [0, 0.05) is 6.92 Å². The first-order valence-electron chi connectivity index (χ1n) is 5.99. The lowest BCUT2D eigenvalue weighted by atomic mass is 10.2. The standard InChI is InChI=1S/C12H14O4.C2H6/c1-8(2)12(14)16-11-6-4-10(5-7-11)15-9(3)13;1-2/h4-8H,1-3H3;1-2H3. The first-order valence-corrected chi connectivity index (χ1v) is 5.99. The molecule has 0 saturated carbocycles. The van der Waals surface area contributed by atoms with Gasteiger partial charge in [-0.1, -0.05) is 27.7 Å². The molecule has 0 saturated heterocycles. The maximum Gasteiger partial charge on any atom is 0.313 e. The monoisotopic (exact) mass is 252 g/mol. The summed E-state index contributed by atoms with van der Waals surface area (Å²) in [6.07, 6.45) is 0. The molecule has 0 aliphatic carbocycles. The minimum atomic E-state index is -0.382. The lowest BCUT2D eigenvalue weighted by molar-refractivity contribution is -0.137. The van der Waals surface area contributed by atoms with Gasteiger partial charge in [0.25, 0.3) is 0 Å². The van der Waals surface area contributed by atoms with Crippen molar-refractivity contribution in [3.63, 3.8) is 0 Å². The second-order valence-corrected chi connectivity index (χ2v) is 3.64. The molecule has 0 aromatic heterocycles. The number of benzene rings is 1. The number of esters is 2. The molecule has 0 unspecified atom stereocenters. The molecular weight excluding hydrogens is 232 g/mol. The molecule has 0 aliphatic heterocycles. The van der Waals surface area contributed by atoms with E-state index in [-0.39, 0.29) is 17.9 Å². The zero-order valence-electron chi connectivity index (χ0n) is 11.5. The van der Waals surface area contributed by atoms with E-state index >= 15 is 0 Å². The van der Waals surface area contributed by atoms with E-state index in [1.165, 1.54) is 6.92 Å². The van der Waals surface area contributed by atoms with Crippen LogP contribution in [0.3, 0.4) is 0 Å². The number of ether oxygens (including phenoxy) is 2. The van der Waals surface area contributed by atoms with Gasteiger partial charge >= 0.3 is 11.9 Å². The zero-order chi connectivity index (χ0) is 14.1. The lowest BCUT2D eigenvalue weighted by Gasteiger charge is -2.07. The van der Waals surface area contributed by atoms with E-state index in [1.54, 1.807) is 38.1 Å². The van der Waals surface area contributed by atoms with Crippen LogP contribution in [0.4, 0.5) is 0 Å². The second-order valence-electron chi connectivity index (χ2n) is 3.64. The van der Waals surface area contributed by atoms with Crippen LogP contribution in [-0.4, -0.2) is 11.9 Å². The zero-order valence-corrected chi connectivity index (χ0v) is 11.5. The summed E-state index contributed by atoms with van der Waals surface area (Å²) in [4.78, 5) is 21.9. The van der Waals surface area contributed by atoms with Crippen LogP contribution in [-0.2, 0) is 9.59 Å². The summed E-state index contributed by atoms with van der Waals surface area (Å²) >= 11 is 0. The SMILES string of the molecule is CC.CC(=O)Oc1ccc(OC(=O)C(C)C)cc1. The van der Waals surface area contributed by atoms with E-state index in [1.807, 2.05) is 13.8 Å². The number of carbonyl (C=O) groups is 2. The van der Waals surface area contributed by atoms with E-state index in [0.29, 0.717) is 11.5 Å². The Kier molecular flexibility index (Phi) is 7.43. The Morgan fingerprint density at radius 2 is 1.33 bits per heavy atom. The van der Waals surface area contributed by atoms with Crippen molar-refractivity contribution in [3.8, 4) is 11.5 Å². The Bertz CT molecular complexity index is 379. The fourth-order valence-electron chi connectivity index (χ4n) is 0.976. The van der Waals surface area contributed by atoms with Crippen LogP contribution in [0, 0.1) is 5.92 Å². The molecule has 18 heavy (non-hydrogen) atoms. The van der Waals surface area contributed by atoms with Crippen LogP contribution in [0.2, 0.25) is 0 Å². The predicted molar refractivity (Wildman–Crippen MR) is 69.6 cm³/mol. The van der Waals surface area contributed by atoms with Gasteiger partial charge in [-0.2, -0.15) is 0 Å². The number of carbonyl (C=O) groups excluding carboxylic acids is 2. The lowest BCUT2D eigenvalue weighted by Crippen LogP contribution is -2.14. The molecule has 1 aromatic carbocycles. The molecule has 0 fully saturated rings. The van der Waals surface area contributed by atoms with Crippen molar-refractivity contribution in [1.29, 1.82) is 0 Å². The quantitative estimate of drug-likeness (QED) is 0.612. The molecule has 0 aliphatic rings. The number of hydrogen-bond acceptors (Lipinski definition) is 4. The smallest absolute Gasteiger partial charge is 0.313 e. The van der Waals surface area contributed by atoms with Crippen LogP contribution < -0.4 is 9.47 Å². The maximum absolute atomic E-state index is 11.3. The highest BCUT2D eigenvalue weighted by atomic mass is 16.5. The maximum atomic E-state index is 11.3. The third-order valence-corrected chi connectivity index (χ3v) is 1.78. The van der Waals surface area contributed by atoms with Crippen molar-refractivity contribution in [2.45, 2.75) is 34.6 Å². The predicted octanol–water partition coefficient (Wildman–Crippen LogP) is 3.20. The molecule has 1 aromatic rings. The summed E-state index contributed by atoms with van der Waals surface area (Å²) in [5, 5.41) is 0. The largest absolute Gasteiger partial charge is 0.427 e. The van der Waals surface area contributed by atoms with Gasteiger partial charge in [0.1, 0.15) is 11.5 Å². The van der Waals surface area contributed by atoms with Crippen molar-refractivity contribution >= 4 is 11.9 Å². The molecule has 0 bridgehead atoms. The molecule has 0 amide bonds. The minimum Gasteiger partial charge on any atom is -0.427 e. The minimum absolute atomic E-state index is 0.173. The van der Waals surface area contributed by atoms with Gasteiger partial charge in [0.05, 0.1) is 5.92 Å². The van der Waals surface area contributed by atoms with Crippen LogP contribution in [0.15, 0.2) is 24.3 Å². The van der Waals surface area contributed by atoms with E-state index in [9.17, 15) is 9.59 Å². The molecule has 0 heterocycles. The van der Waals surface area contributed by atoms with Crippen molar-refractivity contribution in [2.75, 3.05) is 0 Å². The number of hydrogen-bond donors (Lipinski definition) is 0. The summed E-state index contributed by atoms with van der Waals surface area (Å²) < 4.78 is 9.90. The Morgan fingerprint density at radius 3 is 1.67 bits per heavy atom. The Morgan fingerprint density at radius 1 is 0.944 bits per heavy atom. The molecule has 4 nitrogen and oxygen atoms in total. The Balaban J connectivity index is 0.00000137. The molecular formula is C14H20O4. The average molecular weight is 252 g/mol. The van der Waals surface area contributed by atoms with Gasteiger partial charge in [-0.3, -0.25) is 9.59 Å². The van der Waals surface area contributed by atoms with Crippen molar-refractivity contribution < 1.29 is 19.1 Å². The molecule has 4 heteroatoms. The van der Waals surface area contributed by atoms with Gasteiger partial charge in [-0.05, 0) is 24.3 Å². The third kappa shape index (κ3) is 6.03. The van der Waals surface area contributed by atoms with Crippen LogP contribution in [0.5, 0.6) is 11.5 Å². The van der Waals surface area contributed by atoms with Gasteiger partial charge in [0.2, 0.25) is 0 Å². The van der Waals surface area contributed by atoms with Gasteiger partial charge < -0.3 is 9.47 Å². The molecule has 0 spiro atoms. The molecule has 100 valence electrons. The Hall–Kier alpha value is -1.84. The fraction of sp³-hybridized carbons (Fsp3) is 0.429.